The van der Waals surface area contributed by atoms with Crippen molar-refractivity contribution in [2.75, 3.05) is 0 Å². The lowest BCUT2D eigenvalue weighted by Gasteiger charge is -1.94. The number of carbonyl (C=O) groups is 2. The van der Waals surface area contributed by atoms with Crippen LogP contribution < -0.4 is 5.31 Å². The van der Waals surface area contributed by atoms with E-state index in [4.69, 9.17) is 1.41 Å². The lowest BCUT2D eigenvalue weighted by molar-refractivity contribution is -0.127. The maximum atomic E-state index is 10.9. The molecule has 2 aliphatic rings. The molecular formula is C6H7NO2. The van der Waals surface area contributed by atoms with Gasteiger partial charge >= 0.3 is 0 Å². The van der Waals surface area contributed by atoms with Crippen molar-refractivity contribution in [2.45, 2.75) is 6.92 Å². The van der Waals surface area contributed by atoms with Crippen LogP contribution in [0.5, 0.6) is 0 Å². The van der Waals surface area contributed by atoms with E-state index in [2.05, 4.69) is 0 Å². The first-order valence-electron chi connectivity index (χ1n) is 3.46. The Labute approximate surface area is 53.9 Å². The smallest absolute Gasteiger partial charge is 0.230 e. The van der Waals surface area contributed by atoms with Crippen LogP contribution in [0, 0.1) is 17.8 Å². The Kier molecular flexibility index (Phi) is 0.527. The number of piperidine rings is 1. The number of rotatable bonds is 0. The lowest BCUT2D eigenvalue weighted by Crippen LogP contribution is -2.26. The largest absolute Gasteiger partial charge is 0.296 e. The van der Waals surface area contributed by atoms with E-state index in [0.29, 0.717) is 5.31 Å². The van der Waals surface area contributed by atoms with Crippen LogP contribution in [0.15, 0.2) is 0 Å². The van der Waals surface area contributed by atoms with Crippen LogP contribution in [-0.4, -0.2) is 11.8 Å². The number of hydrogen-bond donors (Lipinski definition) is 1. The number of fused-ring (bicyclic) bond motifs is 1. The van der Waals surface area contributed by atoms with Gasteiger partial charge in [0.05, 0.1) is 11.8 Å². The summed E-state index contributed by atoms with van der Waals surface area (Å²) in [6.45, 7) is 1.87. The summed E-state index contributed by atoms with van der Waals surface area (Å²) in [5.74, 6) is -0.735. The number of amides is 2. The normalized spacial score (nSPS) is 49.2. The van der Waals surface area contributed by atoms with Crippen LogP contribution in [0.25, 0.3) is 0 Å². The van der Waals surface area contributed by atoms with Crippen LogP contribution in [0.1, 0.15) is 6.92 Å². The Morgan fingerprint density at radius 1 is 1.44 bits per heavy atom. The summed E-state index contributed by atoms with van der Waals surface area (Å²) in [6, 6.07) is 0. The molecule has 1 saturated carbocycles. The van der Waals surface area contributed by atoms with Gasteiger partial charge in [-0.05, 0) is 5.92 Å². The number of hydrogen-bond acceptors (Lipinski definition) is 2. The third kappa shape index (κ3) is 0.422. The number of imide groups is 1. The summed E-state index contributed by atoms with van der Waals surface area (Å²) in [6.07, 6.45) is 0. The average Bonchev–Trinajstić information content (AvgIpc) is 2.50. The van der Waals surface area contributed by atoms with E-state index in [1.54, 1.807) is 0 Å². The summed E-state index contributed by atoms with van der Waals surface area (Å²) < 4.78 is 6.93. The second-order valence-electron chi connectivity index (χ2n) is 2.70. The fourth-order valence-electron chi connectivity index (χ4n) is 1.48. The molecule has 3 nitrogen and oxygen atoms in total. The third-order valence-electron chi connectivity index (χ3n) is 2.17. The Balaban J connectivity index is 2.30. The van der Waals surface area contributed by atoms with E-state index < -0.39 is 0 Å². The Morgan fingerprint density at radius 2 is 1.89 bits per heavy atom. The molecule has 0 aromatic rings. The van der Waals surface area contributed by atoms with Crippen molar-refractivity contribution in [1.29, 1.82) is 0 Å². The molecule has 9 heavy (non-hydrogen) atoms. The zero-order chi connectivity index (χ0) is 7.46. The first-order chi connectivity index (χ1) is 4.64. The number of carbonyl (C=O) groups excluding carboxylic acids is 2. The highest BCUT2D eigenvalue weighted by Crippen LogP contribution is 2.49. The molecule has 0 spiro atoms. The molecule has 0 aromatic carbocycles. The van der Waals surface area contributed by atoms with Gasteiger partial charge in [0.15, 0.2) is 1.41 Å². The molecule has 2 amide bonds. The molecule has 48 valence electrons. The zero-order valence-corrected chi connectivity index (χ0v) is 5.00. The Bertz CT molecular complexity index is 206. The molecule has 1 unspecified atom stereocenters. The molecular weight excluding hydrogens is 118 g/mol. The van der Waals surface area contributed by atoms with Gasteiger partial charge in [-0.1, -0.05) is 6.92 Å². The van der Waals surface area contributed by atoms with Gasteiger partial charge in [0.25, 0.3) is 0 Å². The van der Waals surface area contributed by atoms with Gasteiger partial charge in [0.2, 0.25) is 11.8 Å². The second kappa shape index (κ2) is 1.17. The molecule has 0 aromatic heterocycles. The van der Waals surface area contributed by atoms with Crippen molar-refractivity contribution >= 4 is 11.8 Å². The standard InChI is InChI=1S/C6H7NO2/c1-2-3-4(2)6(9)7-5(3)8/h2-4H,1H3,(H,7,8,9)/t2?,3-,4+/i/hD. The van der Waals surface area contributed by atoms with E-state index in [-0.39, 0.29) is 29.6 Å². The lowest BCUT2D eigenvalue weighted by atomic mass is 10.3. The van der Waals surface area contributed by atoms with E-state index >= 15 is 0 Å². The van der Waals surface area contributed by atoms with Gasteiger partial charge in [0.1, 0.15) is 0 Å². The molecule has 2 fully saturated rings. The van der Waals surface area contributed by atoms with Gasteiger partial charge in [-0.15, -0.1) is 0 Å². The van der Waals surface area contributed by atoms with E-state index in [1.807, 2.05) is 6.92 Å². The van der Waals surface area contributed by atoms with Crippen molar-refractivity contribution in [3.63, 3.8) is 0 Å². The zero-order valence-electron chi connectivity index (χ0n) is 6.00. The first-order valence-corrected chi connectivity index (χ1v) is 3.01. The molecule has 1 heterocycles. The van der Waals surface area contributed by atoms with Crippen molar-refractivity contribution in [3.05, 3.63) is 0 Å². The van der Waals surface area contributed by atoms with Gasteiger partial charge in [0, 0.05) is 0 Å². The molecule has 3 heteroatoms. The fourth-order valence-corrected chi connectivity index (χ4v) is 1.48. The van der Waals surface area contributed by atoms with Crippen molar-refractivity contribution in [2.24, 2.45) is 17.8 Å². The second-order valence-corrected chi connectivity index (χ2v) is 2.70. The molecule has 1 saturated heterocycles. The SMILES string of the molecule is [2H]N1C(=O)[C@@H]2C(C)[C@@H]2C1=O. The topological polar surface area (TPSA) is 46.2 Å². The molecule has 1 aliphatic carbocycles. The number of nitrogens with one attached hydrogen (secondary N) is 1. The van der Waals surface area contributed by atoms with Crippen LogP contribution in [0.4, 0.5) is 0 Å². The predicted octanol–water partition coefficient (Wildman–Crippen LogP) is -0.475. The maximum Gasteiger partial charge on any atom is 0.230 e. The summed E-state index contributed by atoms with van der Waals surface area (Å²) in [4.78, 5) is 21.8. The summed E-state index contributed by atoms with van der Waals surface area (Å²) in [5, 5.41) is 0.495. The Hall–Kier alpha value is -0.860. The summed E-state index contributed by atoms with van der Waals surface area (Å²) in [5.41, 5.74) is 0. The maximum absolute atomic E-state index is 10.9. The van der Waals surface area contributed by atoms with E-state index in [0.717, 1.165) is 0 Å². The first kappa shape index (κ1) is 4.04. The highest BCUT2D eigenvalue weighted by Gasteiger charge is 2.61. The van der Waals surface area contributed by atoms with Crippen LogP contribution in [-0.2, 0) is 9.59 Å². The quantitative estimate of drug-likeness (QED) is 0.446. The van der Waals surface area contributed by atoms with Gasteiger partial charge in [-0.25, -0.2) is 0 Å². The van der Waals surface area contributed by atoms with E-state index in [1.165, 1.54) is 0 Å². The van der Waals surface area contributed by atoms with Crippen LogP contribution in [0.3, 0.4) is 0 Å². The molecule has 2 rings (SSSR count). The van der Waals surface area contributed by atoms with Crippen LogP contribution >= 0.6 is 0 Å². The minimum atomic E-state index is -0.317. The van der Waals surface area contributed by atoms with Crippen molar-refractivity contribution in [3.8, 4) is 0 Å². The van der Waals surface area contributed by atoms with Gasteiger partial charge < -0.3 is 0 Å². The molecule has 1 N–H and O–H groups in total. The minimum Gasteiger partial charge on any atom is -0.296 e. The fraction of sp³-hybridized carbons (Fsp3) is 0.667. The summed E-state index contributed by atoms with van der Waals surface area (Å²) >= 11 is 0. The Morgan fingerprint density at radius 3 is 2.22 bits per heavy atom. The molecule has 0 radical (unpaired) electrons. The van der Waals surface area contributed by atoms with Crippen LogP contribution in [0.2, 0.25) is 1.41 Å². The van der Waals surface area contributed by atoms with Gasteiger partial charge in [-0.3, -0.25) is 14.9 Å². The van der Waals surface area contributed by atoms with Gasteiger partial charge in [-0.2, -0.15) is 0 Å². The molecule has 0 bridgehead atoms. The highest BCUT2D eigenvalue weighted by molar-refractivity contribution is 6.09. The minimum absolute atomic E-state index is 0.148. The van der Waals surface area contributed by atoms with Crippen molar-refractivity contribution in [1.82, 2.24) is 5.31 Å². The van der Waals surface area contributed by atoms with E-state index in [9.17, 15) is 9.59 Å². The predicted molar refractivity (Wildman–Crippen MR) is 29.3 cm³/mol. The molecule has 1 aliphatic heterocycles. The summed E-state index contributed by atoms with van der Waals surface area (Å²) in [7, 11) is 0. The third-order valence-corrected chi connectivity index (χ3v) is 2.17. The highest BCUT2D eigenvalue weighted by atomic mass is 16.2. The average molecular weight is 126 g/mol. The monoisotopic (exact) mass is 126 g/mol. The molecule has 3 atom stereocenters. The van der Waals surface area contributed by atoms with Crippen molar-refractivity contribution < 1.29 is 11.0 Å².